The van der Waals surface area contributed by atoms with Crippen LogP contribution in [0.25, 0.3) is 16.9 Å². The highest BCUT2D eigenvalue weighted by Crippen LogP contribution is 2.37. The predicted octanol–water partition coefficient (Wildman–Crippen LogP) is 5.33. The number of aromatic nitrogens is 2. The molecule has 0 fully saturated rings. The molecule has 1 aromatic carbocycles. The summed E-state index contributed by atoms with van der Waals surface area (Å²) in [6.07, 6.45) is 1.96. The maximum Gasteiger partial charge on any atom is 0.118 e. The summed E-state index contributed by atoms with van der Waals surface area (Å²) >= 11 is 1.52. The van der Waals surface area contributed by atoms with Crippen LogP contribution in [-0.4, -0.2) is 16.0 Å². The Labute approximate surface area is 152 Å². The molecule has 0 aliphatic heterocycles. The highest BCUT2D eigenvalue weighted by molar-refractivity contribution is 7.98. The van der Waals surface area contributed by atoms with Crippen LogP contribution in [0.4, 0.5) is 0 Å². The second-order valence-electron chi connectivity index (χ2n) is 6.92. The lowest BCUT2D eigenvalue weighted by Gasteiger charge is -2.13. The Morgan fingerprint density at radius 3 is 2.40 bits per heavy atom. The molecule has 0 aliphatic carbocycles. The number of hydrogen-bond donors (Lipinski definition) is 0. The Hall–Kier alpha value is -2.45. The average molecular weight is 351 g/mol. The Morgan fingerprint density at radius 1 is 1.20 bits per heavy atom. The zero-order valence-electron chi connectivity index (χ0n) is 15.1. The fourth-order valence-electron chi connectivity index (χ4n) is 2.71. The standard InChI is InChI=1S/C20H21N3OS/c1-13-15(11-17(24-13)20(2,3)4)18-16(12-21)19(25-5)23(22-18)14-9-7-6-8-10-14/h6-11H,1-5H3. The predicted molar refractivity (Wildman–Crippen MR) is 101 cm³/mol. The van der Waals surface area contributed by atoms with Gasteiger partial charge in [0, 0.05) is 11.0 Å². The van der Waals surface area contributed by atoms with Crippen LogP contribution < -0.4 is 0 Å². The minimum Gasteiger partial charge on any atom is -0.465 e. The summed E-state index contributed by atoms with van der Waals surface area (Å²) in [5.74, 6) is 1.68. The van der Waals surface area contributed by atoms with Crippen LogP contribution >= 0.6 is 11.8 Å². The van der Waals surface area contributed by atoms with Gasteiger partial charge < -0.3 is 4.42 Å². The molecule has 0 N–H and O–H groups in total. The summed E-state index contributed by atoms with van der Waals surface area (Å²) in [5.41, 5.74) is 2.98. The summed E-state index contributed by atoms with van der Waals surface area (Å²) in [6.45, 7) is 8.24. The first-order valence-corrected chi connectivity index (χ1v) is 9.33. The van der Waals surface area contributed by atoms with Crippen molar-refractivity contribution < 1.29 is 4.42 Å². The quantitative estimate of drug-likeness (QED) is 0.598. The maximum atomic E-state index is 9.76. The van der Waals surface area contributed by atoms with E-state index in [1.54, 1.807) is 0 Å². The van der Waals surface area contributed by atoms with Gasteiger partial charge in [0.05, 0.1) is 5.69 Å². The first-order chi connectivity index (χ1) is 11.9. The minimum atomic E-state index is -0.0971. The number of aryl methyl sites for hydroxylation is 1. The van der Waals surface area contributed by atoms with Crippen molar-refractivity contribution in [1.82, 2.24) is 9.78 Å². The van der Waals surface area contributed by atoms with Gasteiger partial charge in [0.15, 0.2) is 0 Å². The molecule has 0 aliphatic rings. The van der Waals surface area contributed by atoms with Gasteiger partial charge in [-0.1, -0.05) is 39.0 Å². The Balaban J connectivity index is 2.23. The van der Waals surface area contributed by atoms with Crippen LogP contribution in [0.2, 0.25) is 0 Å². The van der Waals surface area contributed by atoms with Gasteiger partial charge in [0.25, 0.3) is 0 Å². The van der Waals surface area contributed by atoms with Gasteiger partial charge >= 0.3 is 0 Å². The van der Waals surface area contributed by atoms with Crippen LogP contribution in [0, 0.1) is 18.3 Å². The lowest BCUT2D eigenvalue weighted by atomic mass is 9.93. The number of para-hydroxylation sites is 1. The van der Waals surface area contributed by atoms with E-state index in [0.717, 1.165) is 27.8 Å². The van der Waals surface area contributed by atoms with Gasteiger partial charge in [-0.3, -0.25) is 0 Å². The van der Waals surface area contributed by atoms with Crippen molar-refractivity contribution in [2.24, 2.45) is 0 Å². The molecular weight excluding hydrogens is 330 g/mol. The number of nitrogens with zero attached hydrogens (tertiary/aromatic N) is 3. The number of benzene rings is 1. The molecule has 0 amide bonds. The molecule has 0 saturated heterocycles. The zero-order chi connectivity index (χ0) is 18.2. The third kappa shape index (κ3) is 3.10. The van der Waals surface area contributed by atoms with Gasteiger partial charge in [-0.05, 0) is 31.4 Å². The van der Waals surface area contributed by atoms with Crippen molar-refractivity contribution in [3.63, 3.8) is 0 Å². The molecule has 3 rings (SSSR count). The first-order valence-electron chi connectivity index (χ1n) is 8.10. The van der Waals surface area contributed by atoms with Crippen LogP contribution in [0.3, 0.4) is 0 Å². The van der Waals surface area contributed by atoms with Crippen molar-refractivity contribution in [3.05, 3.63) is 53.5 Å². The van der Waals surface area contributed by atoms with Gasteiger partial charge in [-0.15, -0.1) is 11.8 Å². The normalized spacial score (nSPS) is 11.5. The van der Waals surface area contributed by atoms with E-state index in [0.29, 0.717) is 11.3 Å². The van der Waals surface area contributed by atoms with Crippen LogP contribution in [0.5, 0.6) is 0 Å². The summed E-state index contributed by atoms with van der Waals surface area (Å²) in [4.78, 5) is 0. The third-order valence-electron chi connectivity index (χ3n) is 4.06. The zero-order valence-corrected chi connectivity index (χ0v) is 15.9. The van der Waals surface area contributed by atoms with Gasteiger partial charge in [0.1, 0.15) is 33.9 Å². The summed E-state index contributed by atoms with van der Waals surface area (Å²) < 4.78 is 7.79. The molecular formula is C20H21N3OS. The maximum absolute atomic E-state index is 9.76. The van der Waals surface area contributed by atoms with E-state index in [1.807, 2.05) is 54.3 Å². The number of thioether (sulfide) groups is 1. The molecule has 128 valence electrons. The fraction of sp³-hybridized carbons (Fsp3) is 0.300. The number of nitriles is 1. The molecule has 0 atom stereocenters. The van der Waals surface area contributed by atoms with Crippen molar-refractivity contribution in [1.29, 1.82) is 5.26 Å². The molecule has 5 heteroatoms. The fourth-order valence-corrected chi connectivity index (χ4v) is 3.38. The summed E-state index contributed by atoms with van der Waals surface area (Å²) in [5, 5.41) is 15.4. The summed E-state index contributed by atoms with van der Waals surface area (Å²) in [6, 6.07) is 14.2. The Kier molecular flexibility index (Phi) is 4.49. The van der Waals surface area contributed by atoms with Crippen molar-refractivity contribution in [2.45, 2.75) is 38.1 Å². The second-order valence-corrected chi connectivity index (χ2v) is 7.72. The largest absolute Gasteiger partial charge is 0.465 e. The van der Waals surface area contributed by atoms with Gasteiger partial charge in [0.2, 0.25) is 0 Å². The lowest BCUT2D eigenvalue weighted by Crippen LogP contribution is -2.09. The molecule has 25 heavy (non-hydrogen) atoms. The number of hydrogen-bond acceptors (Lipinski definition) is 4. The van der Waals surface area contributed by atoms with E-state index in [2.05, 4.69) is 26.8 Å². The molecule has 0 saturated carbocycles. The van der Waals surface area contributed by atoms with Crippen molar-refractivity contribution in [3.8, 4) is 23.0 Å². The SMILES string of the molecule is CSc1c(C#N)c(-c2cc(C(C)(C)C)oc2C)nn1-c1ccccc1. The van der Waals surface area contributed by atoms with Crippen LogP contribution in [0.1, 0.15) is 37.9 Å². The van der Waals surface area contributed by atoms with E-state index in [4.69, 9.17) is 9.52 Å². The molecule has 2 aromatic heterocycles. The monoisotopic (exact) mass is 351 g/mol. The third-order valence-corrected chi connectivity index (χ3v) is 4.82. The molecule has 0 spiro atoms. The van der Waals surface area contributed by atoms with Crippen molar-refractivity contribution in [2.75, 3.05) is 6.26 Å². The van der Waals surface area contributed by atoms with Gasteiger partial charge in [-0.2, -0.15) is 10.4 Å². The molecule has 4 nitrogen and oxygen atoms in total. The molecule has 0 bridgehead atoms. The Morgan fingerprint density at radius 2 is 1.88 bits per heavy atom. The molecule has 0 unspecified atom stereocenters. The van der Waals surface area contributed by atoms with E-state index >= 15 is 0 Å². The molecule has 3 aromatic rings. The second kappa shape index (κ2) is 6.45. The lowest BCUT2D eigenvalue weighted by molar-refractivity contribution is 0.396. The highest BCUT2D eigenvalue weighted by atomic mass is 32.2. The Bertz CT molecular complexity index is 940. The van der Waals surface area contributed by atoms with E-state index in [-0.39, 0.29) is 5.41 Å². The van der Waals surface area contributed by atoms with E-state index < -0.39 is 0 Å². The van der Waals surface area contributed by atoms with Crippen LogP contribution in [0.15, 0.2) is 45.8 Å². The first kappa shape index (κ1) is 17.4. The number of furan rings is 1. The van der Waals surface area contributed by atoms with E-state index in [9.17, 15) is 5.26 Å². The topological polar surface area (TPSA) is 54.8 Å². The smallest absolute Gasteiger partial charge is 0.118 e. The highest BCUT2D eigenvalue weighted by Gasteiger charge is 2.26. The molecule has 2 heterocycles. The number of rotatable bonds is 3. The van der Waals surface area contributed by atoms with Crippen molar-refractivity contribution >= 4 is 11.8 Å². The minimum absolute atomic E-state index is 0.0971. The van der Waals surface area contributed by atoms with E-state index in [1.165, 1.54) is 11.8 Å². The summed E-state index contributed by atoms with van der Waals surface area (Å²) in [7, 11) is 0. The average Bonchev–Trinajstić information content (AvgIpc) is 3.15. The molecule has 0 radical (unpaired) electrons. The van der Waals surface area contributed by atoms with Gasteiger partial charge in [-0.25, -0.2) is 4.68 Å². The van der Waals surface area contributed by atoms with Crippen LogP contribution in [-0.2, 0) is 5.41 Å².